The summed E-state index contributed by atoms with van der Waals surface area (Å²) in [5.41, 5.74) is 8.87. The summed E-state index contributed by atoms with van der Waals surface area (Å²) in [5, 5.41) is 0.406. The second-order valence-electron chi connectivity index (χ2n) is 5.17. The summed E-state index contributed by atoms with van der Waals surface area (Å²) in [6.45, 7) is 4.59. The van der Waals surface area contributed by atoms with Gasteiger partial charge in [0, 0.05) is 0 Å². The first-order valence-electron chi connectivity index (χ1n) is 5.59. The fourth-order valence-electron chi connectivity index (χ4n) is 1.93. The number of anilines is 1. The van der Waals surface area contributed by atoms with Gasteiger partial charge in [0.05, 0.1) is 11.4 Å². The van der Waals surface area contributed by atoms with E-state index in [9.17, 15) is 0 Å². The third-order valence-electron chi connectivity index (χ3n) is 3.18. The first kappa shape index (κ1) is 11.5. The Morgan fingerprint density at radius 1 is 1.38 bits per heavy atom. The van der Waals surface area contributed by atoms with Crippen molar-refractivity contribution in [2.24, 2.45) is 5.41 Å². The van der Waals surface area contributed by atoms with Gasteiger partial charge in [0.15, 0.2) is 5.15 Å². The Balaban J connectivity index is 2.26. The molecule has 3 heteroatoms. The summed E-state index contributed by atoms with van der Waals surface area (Å²) in [4.78, 5) is 4.32. The molecule has 0 saturated heterocycles. The van der Waals surface area contributed by atoms with Crippen molar-refractivity contribution in [3.8, 4) is 0 Å². The highest BCUT2D eigenvalue weighted by atomic mass is 35.5. The summed E-state index contributed by atoms with van der Waals surface area (Å²) in [6, 6.07) is 3.77. The van der Waals surface area contributed by atoms with E-state index >= 15 is 0 Å². The number of nitrogens with zero attached hydrogens (tertiary/aromatic N) is 1. The van der Waals surface area contributed by atoms with Gasteiger partial charge >= 0.3 is 0 Å². The summed E-state index contributed by atoms with van der Waals surface area (Å²) in [5.74, 6) is 0. The molecule has 0 aliphatic heterocycles. The maximum absolute atomic E-state index is 5.93. The molecule has 1 aliphatic rings. The highest BCUT2D eigenvalue weighted by molar-refractivity contribution is 6.31. The first-order chi connectivity index (χ1) is 7.48. The molecule has 0 spiro atoms. The fraction of sp³-hybridized carbons (Fsp3) is 0.462. The number of nitrogen functional groups attached to an aromatic ring is 1. The van der Waals surface area contributed by atoms with Crippen LogP contribution in [-0.4, -0.2) is 4.98 Å². The van der Waals surface area contributed by atoms with Gasteiger partial charge in [-0.1, -0.05) is 31.5 Å². The molecule has 1 aliphatic carbocycles. The van der Waals surface area contributed by atoms with Crippen LogP contribution in [-0.2, 0) is 0 Å². The second kappa shape index (κ2) is 4.10. The van der Waals surface area contributed by atoms with E-state index in [4.69, 9.17) is 17.3 Å². The molecule has 0 aromatic carbocycles. The van der Waals surface area contributed by atoms with Crippen molar-refractivity contribution in [2.75, 3.05) is 5.73 Å². The van der Waals surface area contributed by atoms with Crippen molar-refractivity contribution >= 4 is 22.9 Å². The molecule has 0 radical (unpaired) electrons. The van der Waals surface area contributed by atoms with Gasteiger partial charge in [-0.05, 0) is 42.4 Å². The van der Waals surface area contributed by atoms with Crippen LogP contribution < -0.4 is 5.73 Å². The van der Waals surface area contributed by atoms with Crippen LogP contribution >= 0.6 is 11.6 Å². The quantitative estimate of drug-likeness (QED) is 0.751. The molecule has 0 atom stereocenters. The van der Waals surface area contributed by atoms with E-state index in [-0.39, 0.29) is 0 Å². The van der Waals surface area contributed by atoms with Crippen LogP contribution in [0.1, 0.15) is 38.8 Å². The van der Waals surface area contributed by atoms with Crippen LogP contribution in [0.4, 0.5) is 5.69 Å². The molecule has 0 amide bonds. The largest absolute Gasteiger partial charge is 0.396 e. The third kappa shape index (κ3) is 2.38. The number of allylic oxidation sites excluding steroid dienone is 2. The lowest BCUT2D eigenvalue weighted by atomic mass is 9.78. The first-order valence-corrected chi connectivity index (χ1v) is 5.97. The van der Waals surface area contributed by atoms with Gasteiger partial charge < -0.3 is 5.73 Å². The average Bonchev–Trinajstić information content (AvgIpc) is 2.22. The second-order valence-corrected chi connectivity index (χ2v) is 5.53. The zero-order chi connectivity index (χ0) is 11.8. The maximum atomic E-state index is 5.93. The standard InChI is InChI=1S/C13H17ClN2/c1-13(2)7-5-9(6-8-13)11-4-3-10(15)12(14)16-11/h3-5H,6-8,15H2,1-2H3. The molecule has 0 bridgehead atoms. The highest BCUT2D eigenvalue weighted by Gasteiger charge is 2.22. The molecule has 1 aromatic heterocycles. The minimum absolute atomic E-state index is 0.406. The third-order valence-corrected chi connectivity index (χ3v) is 3.48. The van der Waals surface area contributed by atoms with Crippen molar-refractivity contribution in [1.29, 1.82) is 0 Å². The van der Waals surface area contributed by atoms with Gasteiger partial charge in [-0.2, -0.15) is 0 Å². The molecule has 0 unspecified atom stereocenters. The lowest BCUT2D eigenvalue weighted by molar-refractivity contribution is 0.334. The zero-order valence-electron chi connectivity index (χ0n) is 9.76. The van der Waals surface area contributed by atoms with E-state index in [2.05, 4.69) is 24.9 Å². The van der Waals surface area contributed by atoms with Crippen LogP contribution in [0, 0.1) is 5.41 Å². The SMILES string of the molecule is CC1(C)CC=C(c2ccc(N)c(Cl)n2)CC1. The minimum Gasteiger partial charge on any atom is -0.396 e. The van der Waals surface area contributed by atoms with Gasteiger partial charge in [-0.3, -0.25) is 0 Å². The lowest BCUT2D eigenvalue weighted by Gasteiger charge is -2.28. The van der Waals surface area contributed by atoms with E-state index in [1.165, 1.54) is 12.0 Å². The Morgan fingerprint density at radius 2 is 2.12 bits per heavy atom. The van der Waals surface area contributed by atoms with E-state index in [1.807, 2.05) is 12.1 Å². The Morgan fingerprint density at radius 3 is 2.69 bits per heavy atom. The number of rotatable bonds is 1. The van der Waals surface area contributed by atoms with Crippen LogP contribution in [0.25, 0.3) is 5.57 Å². The lowest BCUT2D eigenvalue weighted by Crippen LogP contribution is -2.14. The van der Waals surface area contributed by atoms with Crippen LogP contribution in [0.2, 0.25) is 5.15 Å². The maximum Gasteiger partial charge on any atom is 0.152 e. The molecule has 2 nitrogen and oxygen atoms in total. The van der Waals surface area contributed by atoms with E-state index < -0.39 is 0 Å². The van der Waals surface area contributed by atoms with E-state index in [0.717, 1.165) is 18.5 Å². The highest BCUT2D eigenvalue weighted by Crippen LogP contribution is 2.37. The van der Waals surface area contributed by atoms with Crippen molar-refractivity contribution in [2.45, 2.75) is 33.1 Å². The van der Waals surface area contributed by atoms with Gasteiger partial charge in [0.25, 0.3) is 0 Å². The van der Waals surface area contributed by atoms with Crippen LogP contribution in [0.5, 0.6) is 0 Å². The Bertz CT molecular complexity index is 436. The number of halogens is 1. The molecule has 0 fully saturated rings. The molecule has 2 rings (SSSR count). The van der Waals surface area contributed by atoms with E-state index in [1.54, 1.807) is 0 Å². The van der Waals surface area contributed by atoms with Gasteiger partial charge in [-0.15, -0.1) is 0 Å². The summed E-state index contributed by atoms with van der Waals surface area (Å²) in [6.07, 6.45) is 5.65. The normalized spacial score (nSPS) is 19.3. The predicted octanol–water partition coefficient (Wildman–Crippen LogP) is 3.91. The van der Waals surface area contributed by atoms with Crippen molar-refractivity contribution in [1.82, 2.24) is 4.98 Å². The van der Waals surface area contributed by atoms with Crippen LogP contribution in [0.15, 0.2) is 18.2 Å². The number of pyridine rings is 1. The van der Waals surface area contributed by atoms with E-state index in [0.29, 0.717) is 16.3 Å². The summed E-state index contributed by atoms with van der Waals surface area (Å²) < 4.78 is 0. The van der Waals surface area contributed by atoms with Gasteiger partial charge in [0.2, 0.25) is 0 Å². The Hall–Kier alpha value is -1.02. The molecular formula is C13H17ClN2. The zero-order valence-corrected chi connectivity index (χ0v) is 10.5. The molecule has 1 aromatic rings. The van der Waals surface area contributed by atoms with Gasteiger partial charge in [0.1, 0.15) is 0 Å². The molecular weight excluding hydrogens is 220 g/mol. The molecule has 1 heterocycles. The molecule has 2 N–H and O–H groups in total. The van der Waals surface area contributed by atoms with Gasteiger partial charge in [-0.25, -0.2) is 4.98 Å². The smallest absolute Gasteiger partial charge is 0.152 e. The summed E-state index contributed by atoms with van der Waals surface area (Å²) in [7, 11) is 0. The molecule has 86 valence electrons. The molecule has 0 saturated carbocycles. The number of nitrogens with two attached hydrogens (primary N) is 1. The average molecular weight is 237 g/mol. The molecule has 16 heavy (non-hydrogen) atoms. The monoisotopic (exact) mass is 236 g/mol. The predicted molar refractivity (Wildman–Crippen MR) is 69.3 cm³/mol. The van der Waals surface area contributed by atoms with Crippen molar-refractivity contribution in [3.05, 3.63) is 29.1 Å². The number of hydrogen-bond donors (Lipinski definition) is 1. The summed E-state index contributed by atoms with van der Waals surface area (Å²) >= 11 is 5.93. The Labute approximate surface area is 102 Å². The van der Waals surface area contributed by atoms with Crippen molar-refractivity contribution in [3.63, 3.8) is 0 Å². The topological polar surface area (TPSA) is 38.9 Å². The number of aromatic nitrogens is 1. The van der Waals surface area contributed by atoms with Crippen molar-refractivity contribution < 1.29 is 0 Å². The Kier molecular flexibility index (Phi) is 2.94. The van der Waals surface area contributed by atoms with Crippen LogP contribution in [0.3, 0.4) is 0 Å². The fourth-order valence-corrected chi connectivity index (χ4v) is 2.09. The number of hydrogen-bond acceptors (Lipinski definition) is 2. The minimum atomic E-state index is 0.406.